The lowest BCUT2D eigenvalue weighted by molar-refractivity contribution is -0.123. The van der Waals surface area contributed by atoms with Crippen molar-refractivity contribution in [1.29, 1.82) is 0 Å². The smallest absolute Gasteiger partial charge is 0.331 e. The lowest BCUT2D eigenvalue weighted by Gasteiger charge is -2.15. The number of carbonyl (C=O) groups excluding carboxylic acids is 1. The third-order valence-corrected chi connectivity index (χ3v) is 6.00. The van der Waals surface area contributed by atoms with Crippen molar-refractivity contribution in [2.75, 3.05) is 0 Å². The molecule has 0 unspecified atom stereocenters. The van der Waals surface area contributed by atoms with E-state index >= 15 is 0 Å². The van der Waals surface area contributed by atoms with Gasteiger partial charge in [-0.15, -0.1) is 0 Å². The van der Waals surface area contributed by atoms with Crippen molar-refractivity contribution < 1.29 is 15.1 Å². The number of aromatic hydroxyl groups is 1. The summed E-state index contributed by atoms with van der Waals surface area (Å²) in [6.45, 7) is 3.98. The number of amides is 1. The molecular formula is C26H22ClN3O5. The fourth-order valence-electron chi connectivity index (χ4n) is 3.84. The quantitative estimate of drug-likeness (QED) is 0.208. The summed E-state index contributed by atoms with van der Waals surface area (Å²) in [6, 6.07) is 18.2. The minimum Gasteiger partial charge on any atom is -0.508 e. The number of aromatic nitrogens is 2. The maximum atomic E-state index is 13.4. The van der Waals surface area contributed by atoms with E-state index in [1.165, 1.54) is 9.13 Å². The Morgan fingerprint density at radius 2 is 1.60 bits per heavy atom. The number of phenols is 1. The van der Waals surface area contributed by atoms with Crippen LogP contribution in [0.4, 0.5) is 0 Å². The fraction of sp³-hybridized carbons (Fsp3) is 0.115. The molecule has 3 N–H and O–H groups in total. The summed E-state index contributed by atoms with van der Waals surface area (Å²) < 4.78 is 2.69. The zero-order valence-electron chi connectivity index (χ0n) is 18.6. The first kappa shape index (κ1) is 24.0. The highest BCUT2D eigenvalue weighted by atomic mass is 35.5. The topological polar surface area (TPSA) is 114 Å². The molecule has 0 radical (unpaired) electrons. The van der Waals surface area contributed by atoms with E-state index in [1.807, 2.05) is 0 Å². The molecule has 1 amide bonds. The van der Waals surface area contributed by atoms with E-state index in [-0.39, 0.29) is 24.4 Å². The average Bonchev–Trinajstić information content (AvgIpc) is 2.87. The first-order chi connectivity index (χ1) is 16.8. The summed E-state index contributed by atoms with van der Waals surface area (Å²) in [6.07, 6.45) is 0.429. The number of fused-ring (bicyclic) bond motifs is 1. The van der Waals surface area contributed by atoms with Crippen LogP contribution in [0.3, 0.4) is 0 Å². The number of phenolic OH excluding ortho intramolecular Hbond substituents is 1. The molecule has 35 heavy (non-hydrogen) atoms. The second kappa shape index (κ2) is 10.0. The van der Waals surface area contributed by atoms with Crippen LogP contribution in [0.1, 0.15) is 16.7 Å². The first-order valence-corrected chi connectivity index (χ1v) is 11.1. The van der Waals surface area contributed by atoms with Gasteiger partial charge in [-0.3, -0.25) is 23.9 Å². The summed E-state index contributed by atoms with van der Waals surface area (Å²) >= 11 is 6.18. The van der Waals surface area contributed by atoms with E-state index < -0.39 is 17.2 Å². The molecule has 0 aliphatic carbocycles. The number of nitrogens with one attached hydrogen (secondary N) is 1. The van der Waals surface area contributed by atoms with Gasteiger partial charge in [0.25, 0.3) is 11.5 Å². The van der Waals surface area contributed by atoms with Crippen molar-refractivity contribution in [3.8, 4) is 5.75 Å². The van der Waals surface area contributed by atoms with Crippen LogP contribution in [0.5, 0.6) is 5.75 Å². The SMILES string of the molecule is C=C(C(=O)NO)c1ccc(Cn2c(=O)n(CCc3ccc(O)cc3)c(=O)c3ccc(Cl)cc32)cc1. The summed E-state index contributed by atoms with van der Waals surface area (Å²) in [4.78, 5) is 38.2. The number of halogens is 1. The molecule has 4 rings (SSSR count). The standard InChI is InChI=1S/C26H22ClN3O5/c1-16(24(32)28-35)19-6-2-18(3-7-19)15-30-23-14-20(27)8-11-22(23)25(33)29(26(30)34)13-12-17-4-9-21(31)10-5-17/h2-11,14,31,35H,1,12-13,15H2,(H,28,32). The molecule has 0 aliphatic heterocycles. The summed E-state index contributed by atoms with van der Waals surface area (Å²) in [5.41, 5.74) is 3.32. The van der Waals surface area contributed by atoms with E-state index in [1.54, 1.807) is 72.2 Å². The molecule has 0 aliphatic rings. The largest absolute Gasteiger partial charge is 0.508 e. The molecule has 178 valence electrons. The predicted octanol–water partition coefficient (Wildman–Crippen LogP) is 3.33. The Morgan fingerprint density at radius 1 is 0.943 bits per heavy atom. The molecule has 0 spiro atoms. The van der Waals surface area contributed by atoms with Crippen LogP contribution in [-0.4, -0.2) is 25.4 Å². The van der Waals surface area contributed by atoms with E-state index in [4.69, 9.17) is 16.8 Å². The molecule has 0 saturated heterocycles. The molecule has 0 atom stereocenters. The molecule has 8 nitrogen and oxygen atoms in total. The van der Waals surface area contributed by atoms with Crippen LogP contribution in [-0.2, 0) is 24.3 Å². The molecule has 0 fully saturated rings. The second-order valence-electron chi connectivity index (χ2n) is 8.02. The van der Waals surface area contributed by atoms with E-state index in [9.17, 15) is 19.5 Å². The van der Waals surface area contributed by atoms with Crippen molar-refractivity contribution in [3.63, 3.8) is 0 Å². The third kappa shape index (κ3) is 5.03. The highest BCUT2D eigenvalue weighted by molar-refractivity contribution is 6.31. The number of hydrogen-bond donors (Lipinski definition) is 3. The maximum absolute atomic E-state index is 13.4. The highest BCUT2D eigenvalue weighted by Gasteiger charge is 2.15. The first-order valence-electron chi connectivity index (χ1n) is 10.7. The minimum atomic E-state index is -0.713. The van der Waals surface area contributed by atoms with Crippen LogP contribution < -0.4 is 16.7 Å². The van der Waals surface area contributed by atoms with Gasteiger partial charge in [0.2, 0.25) is 0 Å². The molecule has 0 bridgehead atoms. The molecular weight excluding hydrogens is 470 g/mol. The van der Waals surface area contributed by atoms with Crippen LogP contribution >= 0.6 is 11.6 Å². The predicted molar refractivity (Wildman–Crippen MR) is 134 cm³/mol. The van der Waals surface area contributed by atoms with Crippen LogP contribution in [0.25, 0.3) is 16.5 Å². The van der Waals surface area contributed by atoms with Gasteiger partial charge in [-0.2, -0.15) is 0 Å². The fourth-order valence-corrected chi connectivity index (χ4v) is 4.00. The Labute approximate surface area is 204 Å². The summed E-state index contributed by atoms with van der Waals surface area (Å²) in [5.74, 6) is -0.572. The molecule has 4 aromatic rings. The van der Waals surface area contributed by atoms with Gasteiger partial charge < -0.3 is 5.11 Å². The van der Waals surface area contributed by atoms with Gasteiger partial charge in [-0.05, 0) is 53.4 Å². The van der Waals surface area contributed by atoms with Crippen molar-refractivity contribution >= 4 is 34.0 Å². The number of nitrogens with zero attached hydrogens (tertiary/aromatic N) is 2. The number of aryl methyl sites for hydroxylation is 1. The lowest BCUT2D eigenvalue weighted by Crippen LogP contribution is -2.40. The zero-order chi connectivity index (χ0) is 25.1. The second-order valence-corrected chi connectivity index (χ2v) is 8.46. The van der Waals surface area contributed by atoms with Crippen LogP contribution in [0.2, 0.25) is 5.02 Å². The maximum Gasteiger partial charge on any atom is 0.331 e. The number of benzene rings is 3. The van der Waals surface area contributed by atoms with Gasteiger partial charge in [0.1, 0.15) is 5.75 Å². The van der Waals surface area contributed by atoms with Crippen molar-refractivity contribution in [2.24, 2.45) is 0 Å². The molecule has 3 aromatic carbocycles. The average molecular weight is 492 g/mol. The van der Waals surface area contributed by atoms with Gasteiger partial charge in [0, 0.05) is 17.1 Å². The normalized spacial score (nSPS) is 10.9. The number of hydroxylamine groups is 1. The van der Waals surface area contributed by atoms with E-state index in [0.29, 0.717) is 27.9 Å². The van der Waals surface area contributed by atoms with Crippen LogP contribution in [0.15, 0.2) is 82.9 Å². The van der Waals surface area contributed by atoms with Gasteiger partial charge in [0.15, 0.2) is 0 Å². The van der Waals surface area contributed by atoms with Gasteiger partial charge in [-0.25, -0.2) is 10.3 Å². The molecule has 1 heterocycles. The molecule has 0 saturated carbocycles. The Kier molecular flexibility index (Phi) is 6.86. The monoisotopic (exact) mass is 491 g/mol. The Morgan fingerprint density at radius 3 is 2.26 bits per heavy atom. The summed E-state index contributed by atoms with van der Waals surface area (Å²) in [7, 11) is 0. The number of rotatable bonds is 7. The Hall–Kier alpha value is -4.14. The lowest BCUT2D eigenvalue weighted by atomic mass is 10.0. The van der Waals surface area contributed by atoms with Crippen LogP contribution in [0, 0.1) is 0 Å². The van der Waals surface area contributed by atoms with Gasteiger partial charge >= 0.3 is 5.69 Å². The number of hydrogen-bond acceptors (Lipinski definition) is 5. The van der Waals surface area contributed by atoms with Crippen molar-refractivity contribution in [1.82, 2.24) is 14.6 Å². The Bertz CT molecular complexity index is 1540. The van der Waals surface area contributed by atoms with E-state index in [0.717, 1.165) is 11.1 Å². The van der Waals surface area contributed by atoms with Crippen molar-refractivity contribution in [3.05, 3.63) is 116 Å². The van der Waals surface area contributed by atoms with Gasteiger partial charge in [0.05, 0.1) is 17.4 Å². The highest BCUT2D eigenvalue weighted by Crippen LogP contribution is 2.19. The van der Waals surface area contributed by atoms with Gasteiger partial charge in [-0.1, -0.05) is 54.6 Å². The summed E-state index contributed by atoms with van der Waals surface area (Å²) in [5, 5.41) is 19.0. The minimum absolute atomic E-state index is 0.0937. The third-order valence-electron chi connectivity index (χ3n) is 5.77. The number of carbonyl (C=O) groups is 1. The van der Waals surface area contributed by atoms with Crippen molar-refractivity contribution in [2.45, 2.75) is 19.5 Å². The van der Waals surface area contributed by atoms with E-state index in [2.05, 4.69) is 6.58 Å². The molecule has 9 heteroatoms. The Balaban J connectivity index is 1.73. The molecule has 1 aromatic heterocycles. The zero-order valence-corrected chi connectivity index (χ0v) is 19.3.